The van der Waals surface area contributed by atoms with Crippen LogP contribution in [0.2, 0.25) is 0 Å². The Morgan fingerprint density at radius 3 is 2.33 bits per heavy atom. The maximum atomic E-state index is 13.6. The summed E-state index contributed by atoms with van der Waals surface area (Å²) >= 11 is 3.40. The third-order valence-corrected chi connectivity index (χ3v) is 6.31. The van der Waals surface area contributed by atoms with Crippen molar-refractivity contribution >= 4 is 44.3 Å². The normalized spacial score (nSPS) is 15.1. The summed E-state index contributed by atoms with van der Waals surface area (Å²) in [6.07, 6.45) is 0. The number of hydrogen-bond acceptors (Lipinski definition) is 5. The predicted octanol–water partition coefficient (Wildman–Crippen LogP) is 5.52. The van der Waals surface area contributed by atoms with Crippen LogP contribution < -0.4 is 15.1 Å². The number of ketones is 1. The van der Waals surface area contributed by atoms with E-state index in [0.29, 0.717) is 28.0 Å². The molecule has 0 spiro atoms. The van der Waals surface area contributed by atoms with E-state index in [-0.39, 0.29) is 22.5 Å². The molecule has 1 amide bonds. The van der Waals surface area contributed by atoms with Crippen LogP contribution in [0.4, 0.5) is 5.69 Å². The lowest BCUT2D eigenvalue weighted by molar-refractivity contribution is 0.0970. The Morgan fingerprint density at radius 2 is 1.70 bits per heavy atom. The third kappa shape index (κ3) is 3.45. The Kier molecular flexibility index (Phi) is 5.13. The van der Waals surface area contributed by atoms with Crippen LogP contribution in [-0.4, -0.2) is 18.8 Å². The molecule has 33 heavy (non-hydrogen) atoms. The van der Waals surface area contributed by atoms with Crippen molar-refractivity contribution in [2.45, 2.75) is 13.0 Å². The first-order chi connectivity index (χ1) is 15.9. The van der Waals surface area contributed by atoms with Crippen molar-refractivity contribution in [2.75, 3.05) is 12.0 Å². The minimum atomic E-state index is -0.693. The Balaban J connectivity index is 1.76. The average Bonchev–Trinajstić information content (AvgIpc) is 3.12. The number of hydrogen-bond donors (Lipinski definition) is 0. The van der Waals surface area contributed by atoms with Crippen molar-refractivity contribution in [3.8, 4) is 5.75 Å². The van der Waals surface area contributed by atoms with Gasteiger partial charge in [0, 0.05) is 15.7 Å². The number of carbonyl (C=O) groups is 2. The van der Waals surface area contributed by atoms with Crippen molar-refractivity contribution in [3.63, 3.8) is 0 Å². The van der Waals surface area contributed by atoms with Crippen LogP contribution in [0, 0.1) is 0 Å². The molecule has 164 valence electrons. The van der Waals surface area contributed by atoms with Crippen molar-refractivity contribution in [1.82, 2.24) is 0 Å². The molecule has 0 saturated heterocycles. The first-order valence-corrected chi connectivity index (χ1v) is 11.0. The number of fused-ring (bicyclic) bond motifs is 2. The minimum Gasteiger partial charge on any atom is -0.497 e. The number of nitrogens with zero attached hydrogens (tertiary/aromatic N) is 1. The summed E-state index contributed by atoms with van der Waals surface area (Å²) in [5.41, 5.74) is 2.20. The molecule has 7 heteroatoms. The molecule has 3 aromatic carbocycles. The second-order valence-electron chi connectivity index (χ2n) is 7.77. The van der Waals surface area contributed by atoms with Gasteiger partial charge in [0.1, 0.15) is 11.3 Å². The van der Waals surface area contributed by atoms with E-state index in [9.17, 15) is 14.4 Å². The van der Waals surface area contributed by atoms with Crippen molar-refractivity contribution in [3.05, 3.63) is 104 Å². The molecule has 0 saturated carbocycles. The van der Waals surface area contributed by atoms with Crippen LogP contribution in [0.15, 0.2) is 80.4 Å². The van der Waals surface area contributed by atoms with Gasteiger partial charge in [0.2, 0.25) is 5.76 Å². The van der Waals surface area contributed by atoms with Gasteiger partial charge in [-0.3, -0.25) is 19.3 Å². The van der Waals surface area contributed by atoms with Gasteiger partial charge in [0.15, 0.2) is 11.2 Å². The highest BCUT2D eigenvalue weighted by Crippen LogP contribution is 2.41. The van der Waals surface area contributed by atoms with Gasteiger partial charge in [-0.15, -0.1) is 0 Å². The predicted molar refractivity (Wildman–Crippen MR) is 128 cm³/mol. The lowest BCUT2D eigenvalue weighted by Gasteiger charge is -2.25. The summed E-state index contributed by atoms with van der Waals surface area (Å²) in [4.78, 5) is 40.5. The van der Waals surface area contributed by atoms with Crippen LogP contribution >= 0.6 is 15.9 Å². The Morgan fingerprint density at radius 1 is 1.00 bits per heavy atom. The second kappa shape index (κ2) is 8.01. The molecule has 4 aromatic rings. The molecule has 0 radical (unpaired) electrons. The Hall–Kier alpha value is -3.71. The number of ether oxygens (including phenoxy) is 1. The number of halogens is 1. The van der Waals surface area contributed by atoms with Gasteiger partial charge < -0.3 is 9.15 Å². The number of amides is 1. The lowest BCUT2D eigenvalue weighted by atomic mass is 9.98. The smallest absolute Gasteiger partial charge is 0.295 e. The van der Waals surface area contributed by atoms with E-state index < -0.39 is 11.9 Å². The number of carbonyl (C=O) groups excluding carboxylic acids is 2. The highest BCUT2D eigenvalue weighted by Gasteiger charge is 2.43. The highest BCUT2D eigenvalue weighted by molar-refractivity contribution is 9.10. The van der Waals surface area contributed by atoms with Gasteiger partial charge in [-0.05, 0) is 67.1 Å². The Labute approximate surface area is 197 Å². The molecule has 1 aliphatic heterocycles. The number of Topliss-reactive ketones (excluding diaryl/α,β-unsaturated/α-hetero) is 1. The largest absolute Gasteiger partial charge is 0.497 e. The fourth-order valence-corrected chi connectivity index (χ4v) is 4.53. The molecule has 0 bridgehead atoms. The van der Waals surface area contributed by atoms with Crippen LogP contribution in [0.1, 0.15) is 45.0 Å². The molecular weight excluding hydrogens is 486 g/mol. The summed E-state index contributed by atoms with van der Waals surface area (Å²) in [7, 11) is 1.57. The molecule has 6 nitrogen and oxygen atoms in total. The maximum absolute atomic E-state index is 13.6. The van der Waals surface area contributed by atoms with E-state index in [0.717, 1.165) is 10.0 Å². The molecule has 1 aromatic heterocycles. The molecule has 5 rings (SSSR count). The molecule has 0 aliphatic carbocycles. The SMILES string of the molecule is COc1ccc(C2c3c(oc4ccc(Br)cc4c3=O)C(=O)N2c2ccc(C(C)=O)cc2)cc1. The summed E-state index contributed by atoms with van der Waals surface area (Å²) < 4.78 is 12.0. The average molecular weight is 504 g/mol. The second-order valence-corrected chi connectivity index (χ2v) is 8.68. The van der Waals surface area contributed by atoms with Gasteiger partial charge >= 0.3 is 0 Å². The molecule has 2 heterocycles. The first-order valence-electron chi connectivity index (χ1n) is 10.2. The molecule has 1 atom stereocenters. The molecule has 0 N–H and O–H groups in total. The fraction of sp³-hybridized carbons (Fsp3) is 0.115. The highest BCUT2D eigenvalue weighted by atomic mass is 79.9. The van der Waals surface area contributed by atoms with E-state index in [2.05, 4.69) is 15.9 Å². The third-order valence-electron chi connectivity index (χ3n) is 5.82. The summed E-state index contributed by atoms with van der Waals surface area (Å²) in [6, 6.07) is 18.4. The fourth-order valence-electron chi connectivity index (χ4n) is 4.17. The van der Waals surface area contributed by atoms with Crippen LogP contribution in [0.5, 0.6) is 5.75 Å². The Bertz CT molecular complexity index is 1470. The van der Waals surface area contributed by atoms with Crippen molar-refractivity contribution in [1.29, 1.82) is 0 Å². The number of anilines is 1. The molecule has 1 aliphatic rings. The van der Waals surface area contributed by atoms with Gasteiger partial charge in [0.25, 0.3) is 5.91 Å². The van der Waals surface area contributed by atoms with Crippen LogP contribution in [0.25, 0.3) is 11.0 Å². The monoisotopic (exact) mass is 503 g/mol. The molecular formula is C26H18BrNO5. The topological polar surface area (TPSA) is 76.8 Å². The van der Waals surface area contributed by atoms with Crippen molar-refractivity contribution < 1.29 is 18.7 Å². The van der Waals surface area contributed by atoms with E-state index in [1.165, 1.54) is 11.8 Å². The van der Waals surface area contributed by atoms with E-state index in [1.807, 2.05) is 12.1 Å². The maximum Gasteiger partial charge on any atom is 0.295 e. The van der Waals surface area contributed by atoms with Gasteiger partial charge in [-0.2, -0.15) is 0 Å². The van der Waals surface area contributed by atoms with Gasteiger partial charge in [0.05, 0.1) is 24.1 Å². The summed E-state index contributed by atoms with van der Waals surface area (Å²) in [5, 5.41) is 0.392. The van der Waals surface area contributed by atoms with Gasteiger partial charge in [-0.25, -0.2) is 0 Å². The molecule has 1 unspecified atom stereocenters. The zero-order chi connectivity index (χ0) is 23.3. The van der Waals surface area contributed by atoms with Crippen molar-refractivity contribution in [2.24, 2.45) is 0 Å². The number of rotatable bonds is 4. The first kappa shape index (κ1) is 21.2. The zero-order valence-electron chi connectivity index (χ0n) is 17.8. The zero-order valence-corrected chi connectivity index (χ0v) is 19.4. The molecule has 0 fully saturated rings. The van der Waals surface area contributed by atoms with E-state index >= 15 is 0 Å². The summed E-state index contributed by atoms with van der Waals surface area (Å²) in [6.45, 7) is 1.48. The summed E-state index contributed by atoms with van der Waals surface area (Å²) in [5.74, 6) is 0.197. The van der Waals surface area contributed by atoms with Crippen LogP contribution in [-0.2, 0) is 0 Å². The van der Waals surface area contributed by atoms with Gasteiger partial charge in [-0.1, -0.05) is 28.1 Å². The van der Waals surface area contributed by atoms with Crippen LogP contribution in [0.3, 0.4) is 0 Å². The number of benzene rings is 3. The van der Waals surface area contributed by atoms with E-state index in [4.69, 9.17) is 9.15 Å². The standard InChI is InChI=1S/C26H18BrNO5/c1-14(29)15-3-8-18(9-4-15)28-23(16-5-10-19(32-2)11-6-16)22-24(30)20-13-17(27)7-12-21(20)33-25(22)26(28)31/h3-13,23H,1-2H3. The number of methoxy groups -OCH3 is 1. The quantitative estimate of drug-likeness (QED) is 0.343. The minimum absolute atomic E-state index is 0.0197. The van der Waals surface area contributed by atoms with E-state index in [1.54, 1.807) is 61.7 Å². The lowest BCUT2D eigenvalue weighted by Crippen LogP contribution is -2.29.